The fraction of sp³-hybridized carbons (Fsp3) is 0.364. The summed E-state index contributed by atoms with van der Waals surface area (Å²) in [6.07, 6.45) is 3.35. The predicted molar refractivity (Wildman–Crippen MR) is 109 cm³/mol. The molecule has 0 radical (unpaired) electrons. The maximum Gasteiger partial charge on any atom is 0.262 e. The summed E-state index contributed by atoms with van der Waals surface area (Å²) in [4.78, 5) is 26.7. The van der Waals surface area contributed by atoms with Crippen molar-refractivity contribution in [3.05, 3.63) is 59.4 Å². The van der Waals surface area contributed by atoms with Crippen molar-refractivity contribution in [2.45, 2.75) is 44.0 Å². The number of para-hydroxylation sites is 1. The minimum atomic E-state index is -4.05. The van der Waals surface area contributed by atoms with E-state index in [-0.39, 0.29) is 40.8 Å². The number of halogens is 1. The molecule has 2 fully saturated rings. The zero-order valence-corrected chi connectivity index (χ0v) is 17.4. The van der Waals surface area contributed by atoms with Crippen molar-refractivity contribution in [2.75, 3.05) is 4.72 Å². The monoisotopic (exact) mass is 430 g/mol. The Morgan fingerprint density at radius 3 is 2.30 bits per heavy atom. The van der Waals surface area contributed by atoms with E-state index in [0.717, 1.165) is 25.7 Å². The Kier molecular flexibility index (Phi) is 5.36. The highest BCUT2D eigenvalue weighted by Gasteiger charge is 2.47. The van der Waals surface area contributed by atoms with Crippen LogP contribution in [0.15, 0.2) is 47.4 Å². The van der Waals surface area contributed by atoms with Gasteiger partial charge in [-0.3, -0.25) is 19.2 Å². The Hall–Kier alpha value is -2.74. The molecule has 4 rings (SSSR count). The molecule has 2 unspecified atom stereocenters. The van der Waals surface area contributed by atoms with Crippen molar-refractivity contribution in [3.63, 3.8) is 0 Å². The molecule has 6 nitrogen and oxygen atoms in total. The molecule has 1 heterocycles. The second kappa shape index (κ2) is 7.83. The standard InChI is InChI=1S/C22H23FN2O4S/c1-14-10-11-15(13-25-21(26)16-6-2-3-7-17(16)22(25)27)12-20(14)30(28,29)24-19-9-5-4-8-18(19)23/h4-5,8-12,16-17,24H,2-3,6-7,13H2,1H3. The highest BCUT2D eigenvalue weighted by atomic mass is 32.2. The lowest BCUT2D eigenvalue weighted by atomic mass is 9.81. The smallest absolute Gasteiger partial charge is 0.262 e. The zero-order valence-electron chi connectivity index (χ0n) is 16.6. The van der Waals surface area contributed by atoms with E-state index in [1.54, 1.807) is 19.1 Å². The van der Waals surface area contributed by atoms with Gasteiger partial charge in [0.25, 0.3) is 10.0 Å². The van der Waals surface area contributed by atoms with Crippen LogP contribution in [0.4, 0.5) is 10.1 Å². The van der Waals surface area contributed by atoms with Gasteiger partial charge in [0.2, 0.25) is 11.8 Å². The minimum Gasteiger partial charge on any atom is -0.278 e. The number of imide groups is 1. The number of sulfonamides is 1. The van der Waals surface area contributed by atoms with E-state index in [1.807, 2.05) is 0 Å². The molecule has 2 aromatic carbocycles. The fourth-order valence-corrected chi connectivity index (χ4v) is 5.71. The number of nitrogens with one attached hydrogen (secondary N) is 1. The van der Waals surface area contributed by atoms with Crippen LogP contribution in [0.1, 0.15) is 36.8 Å². The zero-order chi connectivity index (χ0) is 21.5. The van der Waals surface area contributed by atoms with Crippen LogP contribution in [0.3, 0.4) is 0 Å². The quantitative estimate of drug-likeness (QED) is 0.735. The highest BCUT2D eigenvalue weighted by Crippen LogP contribution is 2.38. The van der Waals surface area contributed by atoms with E-state index in [1.165, 1.54) is 35.2 Å². The molecule has 1 saturated carbocycles. The van der Waals surface area contributed by atoms with E-state index in [9.17, 15) is 22.4 Å². The SMILES string of the molecule is Cc1ccc(CN2C(=O)C3CCCCC3C2=O)cc1S(=O)(=O)Nc1ccccc1F. The molecule has 2 amide bonds. The van der Waals surface area contributed by atoms with Crippen LogP contribution in [-0.4, -0.2) is 25.1 Å². The number of fused-ring (bicyclic) bond motifs is 1. The normalized spacial score (nSPS) is 21.6. The number of hydrogen-bond acceptors (Lipinski definition) is 4. The number of likely N-dealkylation sites (tertiary alicyclic amines) is 1. The number of benzene rings is 2. The molecular formula is C22H23FN2O4S. The number of rotatable bonds is 5. The molecule has 1 saturated heterocycles. The molecule has 0 bridgehead atoms. The molecule has 158 valence electrons. The van der Waals surface area contributed by atoms with Crippen LogP contribution in [0.5, 0.6) is 0 Å². The van der Waals surface area contributed by atoms with Gasteiger partial charge in [0.1, 0.15) is 5.82 Å². The van der Waals surface area contributed by atoms with Gasteiger partial charge < -0.3 is 0 Å². The van der Waals surface area contributed by atoms with Crippen LogP contribution >= 0.6 is 0 Å². The molecule has 0 aromatic heterocycles. The molecule has 2 aromatic rings. The number of amides is 2. The van der Waals surface area contributed by atoms with Crippen molar-refractivity contribution < 1.29 is 22.4 Å². The van der Waals surface area contributed by atoms with Gasteiger partial charge in [0.05, 0.1) is 29.0 Å². The maximum absolute atomic E-state index is 13.9. The van der Waals surface area contributed by atoms with E-state index in [4.69, 9.17) is 0 Å². The van der Waals surface area contributed by atoms with Crippen molar-refractivity contribution >= 4 is 27.5 Å². The number of carbonyl (C=O) groups is 2. The molecule has 1 aliphatic carbocycles. The summed E-state index contributed by atoms with van der Waals surface area (Å²) in [5, 5.41) is 0. The third-order valence-corrected chi connectivity index (χ3v) is 7.44. The summed E-state index contributed by atoms with van der Waals surface area (Å²) in [5.41, 5.74) is 0.876. The Balaban J connectivity index is 1.60. The average molecular weight is 431 g/mol. The number of anilines is 1. The Bertz CT molecular complexity index is 1090. The number of nitrogens with zero attached hydrogens (tertiary/aromatic N) is 1. The first kappa shape index (κ1) is 20.5. The summed E-state index contributed by atoms with van der Waals surface area (Å²) >= 11 is 0. The number of carbonyl (C=O) groups excluding carboxylic acids is 2. The van der Waals surface area contributed by atoms with Crippen LogP contribution in [0.2, 0.25) is 0 Å². The van der Waals surface area contributed by atoms with Gasteiger partial charge in [0, 0.05) is 0 Å². The predicted octanol–water partition coefficient (Wildman–Crippen LogP) is 3.61. The molecule has 1 N–H and O–H groups in total. The van der Waals surface area contributed by atoms with Gasteiger partial charge in [-0.25, -0.2) is 12.8 Å². The van der Waals surface area contributed by atoms with Crippen LogP contribution in [0.25, 0.3) is 0 Å². The molecule has 30 heavy (non-hydrogen) atoms. The lowest BCUT2D eigenvalue weighted by Gasteiger charge is -2.19. The van der Waals surface area contributed by atoms with Gasteiger partial charge in [-0.15, -0.1) is 0 Å². The van der Waals surface area contributed by atoms with Crippen molar-refractivity contribution in [3.8, 4) is 0 Å². The van der Waals surface area contributed by atoms with E-state index >= 15 is 0 Å². The lowest BCUT2D eigenvalue weighted by molar-refractivity contribution is -0.140. The third kappa shape index (κ3) is 3.71. The van der Waals surface area contributed by atoms with Crippen molar-refractivity contribution in [2.24, 2.45) is 11.8 Å². The van der Waals surface area contributed by atoms with Crippen LogP contribution < -0.4 is 4.72 Å². The summed E-state index contributed by atoms with van der Waals surface area (Å²) in [6.45, 7) is 1.67. The number of aryl methyl sites for hydroxylation is 1. The molecule has 2 atom stereocenters. The maximum atomic E-state index is 13.9. The topological polar surface area (TPSA) is 83.6 Å². The Morgan fingerprint density at radius 1 is 1.03 bits per heavy atom. The van der Waals surface area contributed by atoms with Gasteiger partial charge >= 0.3 is 0 Å². The van der Waals surface area contributed by atoms with E-state index in [2.05, 4.69) is 4.72 Å². The molecule has 0 spiro atoms. The number of hydrogen-bond donors (Lipinski definition) is 1. The first-order valence-corrected chi connectivity index (χ1v) is 11.5. The van der Waals surface area contributed by atoms with Gasteiger partial charge in [0.15, 0.2) is 0 Å². The minimum absolute atomic E-state index is 0.0141. The first-order chi connectivity index (χ1) is 14.3. The summed E-state index contributed by atoms with van der Waals surface area (Å²) in [7, 11) is -4.05. The molecule has 8 heteroatoms. The van der Waals surface area contributed by atoms with Crippen LogP contribution in [-0.2, 0) is 26.2 Å². The Labute approximate surface area is 175 Å². The van der Waals surface area contributed by atoms with Crippen molar-refractivity contribution in [1.29, 1.82) is 0 Å². The van der Waals surface area contributed by atoms with Gasteiger partial charge in [-0.2, -0.15) is 0 Å². The fourth-order valence-electron chi connectivity index (χ4n) is 4.35. The van der Waals surface area contributed by atoms with Gasteiger partial charge in [-0.1, -0.05) is 37.1 Å². The average Bonchev–Trinajstić information content (AvgIpc) is 2.96. The highest BCUT2D eigenvalue weighted by molar-refractivity contribution is 7.92. The van der Waals surface area contributed by atoms with E-state index in [0.29, 0.717) is 11.1 Å². The van der Waals surface area contributed by atoms with E-state index < -0.39 is 15.8 Å². The summed E-state index contributed by atoms with van der Waals surface area (Å²) in [6, 6.07) is 10.3. The Morgan fingerprint density at radius 2 is 1.67 bits per heavy atom. The summed E-state index contributed by atoms with van der Waals surface area (Å²) in [5.74, 6) is -1.51. The molecular weight excluding hydrogens is 407 g/mol. The van der Waals surface area contributed by atoms with Gasteiger partial charge in [-0.05, 0) is 49.1 Å². The summed E-state index contributed by atoms with van der Waals surface area (Å²) < 4.78 is 41.9. The second-order valence-corrected chi connectivity index (χ2v) is 9.60. The largest absolute Gasteiger partial charge is 0.278 e. The third-order valence-electron chi connectivity index (χ3n) is 5.93. The molecule has 1 aliphatic heterocycles. The van der Waals surface area contributed by atoms with Crippen molar-refractivity contribution in [1.82, 2.24) is 4.90 Å². The first-order valence-electron chi connectivity index (χ1n) is 10.00. The molecule has 2 aliphatic rings. The van der Waals surface area contributed by atoms with Crippen LogP contribution in [0, 0.1) is 24.6 Å². The second-order valence-electron chi connectivity index (χ2n) is 7.95. The lowest BCUT2D eigenvalue weighted by Crippen LogP contribution is -2.30.